The number of halogens is 1. The second kappa shape index (κ2) is 13.9. The molecule has 7 heteroatoms. The summed E-state index contributed by atoms with van der Waals surface area (Å²) >= 11 is 6.14. The highest BCUT2D eigenvalue weighted by Gasteiger charge is 2.26. The molecular weight excluding hydrogens is 584 g/mol. The van der Waals surface area contributed by atoms with Crippen LogP contribution in [0.5, 0.6) is 11.5 Å². The van der Waals surface area contributed by atoms with Crippen LogP contribution < -0.4 is 9.47 Å². The summed E-state index contributed by atoms with van der Waals surface area (Å²) in [7, 11) is 1.66. The van der Waals surface area contributed by atoms with Crippen molar-refractivity contribution in [3.05, 3.63) is 119 Å². The van der Waals surface area contributed by atoms with Gasteiger partial charge in [0.1, 0.15) is 18.1 Å². The maximum absolute atomic E-state index is 11.5. The number of carbonyl (C=O) groups is 1. The third kappa shape index (κ3) is 6.97. The Hall–Kier alpha value is -4.81. The van der Waals surface area contributed by atoms with Crippen LogP contribution in [0.4, 0.5) is 0 Å². The number of ether oxygens (including phenoxy) is 2. The van der Waals surface area contributed by atoms with Crippen molar-refractivity contribution in [1.82, 2.24) is 9.78 Å². The van der Waals surface area contributed by atoms with E-state index in [1.807, 2.05) is 84.9 Å². The van der Waals surface area contributed by atoms with Gasteiger partial charge in [-0.05, 0) is 84.1 Å². The van der Waals surface area contributed by atoms with E-state index >= 15 is 0 Å². The molecule has 1 aliphatic rings. The normalized spacial score (nSPS) is 13.6. The number of methoxy groups -OCH3 is 1. The average Bonchev–Trinajstić information content (AvgIpc) is 3.47. The minimum Gasteiger partial charge on any atom is -0.497 e. The van der Waals surface area contributed by atoms with Gasteiger partial charge in [0.2, 0.25) is 0 Å². The SMILES string of the molecule is COc1ccc(-c2ccc(Cl)cc2)c(COc2ccc(-c3c(-c4ccccc4)c(C=CC(=O)O)nn3C3CCCCC3)cc2)c1. The molecule has 1 saturated carbocycles. The van der Waals surface area contributed by atoms with Crippen LogP contribution in [0.2, 0.25) is 5.02 Å². The molecule has 0 aliphatic heterocycles. The Morgan fingerprint density at radius 1 is 0.889 bits per heavy atom. The molecule has 0 spiro atoms. The largest absolute Gasteiger partial charge is 0.497 e. The quantitative estimate of drug-likeness (QED) is 0.158. The van der Waals surface area contributed by atoms with Crippen molar-refractivity contribution in [3.8, 4) is 45.0 Å². The van der Waals surface area contributed by atoms with E-state index in [9.17, 15) is 9.90 Å². The summed E-state index contributed by atoms with van der Waals surface area (Å²) < 4.78 is 14.0. The smallest absolute Gasteiger partial charge is 0.328 e. The van der Waals surface area contributed by atoms with E-state index in [0.29, 0.717) is 17.3 Å². The standard InChI is InChI=1S/C38H35ClN2O4/c1-44-33-20-21-34(26-12-16-30(39)17-13-26)29(24-33)25-45-32-18-14-28(15-19-32)38-37(27-8-4-2-5-9-27)35(22-23-36(42)43)40-41(38)31-10-6-3-7-11-31/h2,4-5,8-9,12-24,31H,3,6-7,10-11,25H2,1H3,(H,42,43). The number of hydrogen-bond donors (Lipinski definition) is 1. The van der Waals surface area contributed by atoms with Crippen LogP contribution in [0.25, 0.3) is 39.6 Å². The van der Waals surface area contributed by atoms with Gasteiger partial charge < -0.3 is 14.6 Å². The Morgan fingerprint density at radius 2 is 1.58 bits per heavy atom. The molecule has 0 radical (unpaired) electrons. The van der Waals surface area contributed by atoms with Gasteiger partial charge in [0.05, 0.1) is 24.5 Å². The van der Waals surface area contributed by atoms with Crippen LogP contribution in [0.1, 0.15) is 49.4 Å². The van der Waals surface area contributed by atoms with Crippen molar-refractivity contribution >= 4 is 23.6 Å². The highest BCUT2D eigenvalue weighted by atomic mass is 35.5. The fraction of sp³-hybridized carbons (Fsp3) is 0.211. The minimum absolute atomic E-state index is 0.249. The summed E-state index contributed by atoms with van der Waals surface area (Å²) in [4.78, 5) is 11.5. The lowest BCUT2D eigenvalue weighted by Gasteiger charge is -2.24. The molecule has 6 nitrogen and oxygen atoms in total. The van der Waals surface area contributed by atoms with E-state index in [1.165, 1.54) is 6.42 Å². The summed E-state index contributed by atoms with van der Waals surface area (Å²) in [5.41, 5.74) is 7.65. The average molecular weight is 619 g/mol. The van der Waals surface area contributed by atoms with Crippen molar-refractivity contribution in [3.63, 3.8) is 0 Å². The van der Waals surface area contributed by atoms with Gasteiger partial charge in [-0.3, -0.25) is 4.68 Å². The van der Waals surface area contributed by atoms with E-state index in [-0.39, 0.29) is 6.04 Å². The minimum atomic E-state index is -1.00. The van der Waals surface area contributed by atoms with Crippen molar-refractivity contribution < 1.29 is 19.4 Å². The van der Waals surface area contributed by atoms with Crippen molar-refractivity contribution in [2.45, 2.75) is 44.8 Å². The molecule has 228 valence electrons. The molecule has 1 N–H and O–H groups in total. The van der Waals surface area contributed by atoms with E-state index < -0.39 is 5.97 Å². The van der Waals surface area contributed by atoms with Gasteiger partial charge in [0.15, 0.2) is 0 Å². The number of rotatable bonds is 10. The molecule has 5 aromatic rings. The van der Waals surface area contributed by atoms with Gasteiger partial charge in [-0.1, -0.05) is 79.4 Å². The van der Waals surface area contributed by atoms with Crippen LogP contribution in [-0.4, -0.2) is 28.0 Å². The van der Waals surface area contributed by atoms with E-state index in [1.54, 1.807) is 13.2 Å². The van der Waals surface area contributed by atoms with Gasteiger partial charge in [-0.25, -0.2) is 4.79 Å². The Bertz CT molecular complexity index is 1790. The van der Waals surface area contributed by atoms with E-state index in [4.69, 9.17) is 26.2 Å². The number of aliphatic carboxylic acids is 1. The molecule has 0 atom stereocenters. The zero-order valence-electron chi connectivity index (χ0n) is 25.2. The second-order valence-electron chi connectivity index (χ2n) is 11.2. The zero-order valence-corrected chi connectivity index (χ0v) is 25.9. The third-order valence-corrected chi connectivity index (χ3v) is 8.55. The first-order valence-corrected chi connectivity index (χ1v) is 15.6. The Balaban J connectivity index is 1.35. The summed E-state index contributed by atoms with van der Waals surface area (Å²) in [6, 6.07) is 32.2. The molecule has 1 aromatic heterocycles. The van der Waals surface area contributed by atoms with Crippen molar-refractivity contribution in [2.75, 3.05) is 7.11 Å². The van der Waals surface area contributed by atoms with E-state index in [2.05, 4.69) is 16.8 Å². The molecule has 45 heavy (non-hydrogen) atoms. The third-order valence-electron chi connectivity index (χ3n) is 8.29. The highest BCUT2D eigenvalue weighted by molar-refractivity contribution is 6.30. The van der Waals surface area contributed by atoms with Gasteiger partial charge in [0, 0.05) is 27.8 Å². The number of hydrogen-bond acceptors (Lipinski definition) is 4. The predicted molar refractivity (Wildman–Crippen MR) is 180 cm³/mol. The molecule has 1 heterocycles. The fourth-order valence-corrected chi connectivity index (χ4v) is 6.20. The van der Waals surface area contributed by atoms with Crippen LogP contribution >= 0.6 is 11.6 Å². The molecular formula is C38H35ClN2O4. The number of carboxylic acid groups (broad SMARTS) is 1. The number of benzene rings is 4. The van der Waals surface area contributed by atoms with Crippen LogP contribution in [0, 0.1) is 0 Å². The Morgan fingerprint density at radius 3 is 2.27 bits per heavy atom. The van der Waals surface area contributed by atoms with Crippen molar-refractivity contribution in [1.29, 1.82) is 0 Å². The Labute approximate surface area is 268 Å². The number of aromatic nitrogens is 2. The summed E-state index contributed by atoms with van der Waals surface area (Å²) in [6.07, 6.45) is 8.39. The van der Waals surface area contributed by atoms with Gasteiger partial charge in [0.25, 0.3) is 0 Å². The molecule has 1 aliphatic carbocycles. The monoisotopic (exact) mass is 618 g/mol. The molecule has 0 unspecified atom stereocenters. The van der Waals surface area contributed by atoms with Crippen LogP contribution in [-0.2, 0) is 11.4 Å². The summed E-state index contributed by atoms with van der Waals surface area (Å²) in [5.74, 6) is 0.498. The fourth-order valence-electron chi connectivity index (χ4n) is 6.07. The van der Waals surface area contributed by atoms with E-state index in [0.717, 1.165) is 82.3 Å². The lowest BCUT2D eigenvalue weighted by Crippen LogP contribution is -2.15. The molecule has 4 aromatic carbocycles. The first-order chi connectivity index (χ1) is 22.0. The van der Waals surface area contributed by atoms with Crippen LogP contribution in [0.15, 0.2) is 103 Å². The predicted octanol–water partition coefficient (Wildman–Crippen LogP) is 9.73. The van der Waals surface area contributed by atoms with Crippen LogP contribution in [0.3, 0.4) is 0 Å². The summed E-state index contributed by atoms with van der Waals surface area (Å²) in [6.45, 7) is 0.355. The Kier molecular flexibility index (Phi) is 9.32. The first-order valence-electron chi connectivity index (χ1n) is 15.2. The van der Waals surface area contributed by atoms with Gasteiger partial charge in [-0.2, -0.15) is 5.10 Å². The first kappa shape index (κ1) is 30.2. The maximum atomic E-state index is 11.5. The molecule has 1 fully saturated rings. The zero-order chi connectivity index (χ0) is 31.2. The topological polar surface area (TPSA) is 73.6 Å². The molecule has 6 rings (SSSR count). The van der Waals surface area contributed by atoms with Gasteiger partial charge in [-0.15, -0.1) is 0 Å². The second-order valence-corrected chi connectivity index (χ2v) is 11.7. The number of carboxylic acids is 1. The van der Waals surface area contributed by atoms with Gasteiger partial charge >= 0.3 is 5.97 Å². The lowest BCUT2D eigenvalue weighted by atomic mass is 9.94. The van der Waals surface area contributed by atoms with Crippen molar-refractivity contribution in [2.24, 2.45) is 0 Å². The number of nitrogens with zero attached hydrogens (tertiary/aromatic N) is 2. The summed E-state index contributed by atoms with van der Waals surface area (Å²) in [5, 5.41) is 15.1. The molecule has 0 saturated heterocycles. The lowest BCUT2D eigenvalue weighted by molar-refractivity contribution is -0.131. The highest BCUT2D eigenvalue weighted by Crippen LogP contribution is 2.41. The molecule has 0 bridgehead atoms. The molecule has 0 amide bonds. The maximum Gasteiger partial charge on any atom is 0.328 e.